The summed E-state index contributed by atoms with van der Waals surface area (Å²) in [4.78, 5) is 10.3. The molecule has 0 radical (unpaired) electrons. The molecule has 0 fully saturated rings. The minimum atomic E-state index is -4.94. The van der Waals surface area contributed by atoms with Crippen molar-refractivity contribution in [3.8, 4) is 5.75 Å². The van der Waals surface area contributed by atoms with E-state index in [0.29, 0.717) is 12.1 Å². The highest BCUT2D eigenvalue weighted by Gasteiger charge is 2.37. The van der Waals surface area contributed by atoms with Gasteiger partial charge in [0.05, 0.1) is 11.1 Å². The van der Waals surface area contributed by atoms with Gasteiger partial charge in [0.25, 0.3) is 0 Å². The van der Waals surface area contributed by atoms with Crippen LogP contribution in [0.5, 0.6) is 5.75 Å². The molecule has 8 heteroatoms. The molecule has 1 aromatic carbocycles. The van der Waals surface area contributed by atoms with E-state index in [9.17, 15) is 31.1 Å². The predicted octanol–water partition coefficient (Wildman–Crippen LogP) is 3.69. The molecule has 0 heterocycles. The van der Waals surface area contributed by atoms with Crippen LogP contribution < -0.4 is 4.74 Å². The quantitative estimate of drug-likeness (QED) is 0.625. The minimum absolute atomic E-state index is 0.0154. The molecule has 0 amide bonds. The Hall–Kier alpha value is -1.73. The monoisotopic (exact) mass is 286 g/mol. The Morgan fingerprint density at radius 1 is 1.00 bits per heavy atom. The molecule has 0 saturated carbocycles. The van der Waals surface area contributed by atoms with Gasteiger partial charge >= 0.3 is 12.4 Å². The molecule has 2 nitrogen and oxygen atoms in total. The van der Waals surface area contributed by atoms with Gasteiger partial charge in [-0.05, 0) is 25.1 Å². The average Bonchev–Trinajstić information content (AvgIpc) is 2.26. The fourth-order valence-corrected chi connectivity index (χ4v) is 1.24. The van der Waals surface area contributed by atoms with Crippen molar-refractivity contribution >= 4 is 6.29 Å². The lowest BCUT2D eigenvalue weighted by atomic mass is 10.1. The Labute approximate surface area is 104 Å². The summed E-state index contributed by atoms with van der Waals surface area (Å²) in [5.74, 6) is -0.665. The molecule has 0 bridgehead atoms. The van der Waals surface area contributed by atoms with Crippen molar-refractivity contribution in [1.82, 2.24) is 0 Å². The van der Waals surface area contributed by atoms with Crippen LogP contribution in [-0.2, 0) is 17.1 Å². The first-order valence-electron chi connectivity index (χ1n) is 4.95. The Balaban J connectivity index is 3.28. The Morgan fingerprint density at radius 3 is 1.74 bits per heavy atom. The number of rotatable bonds is 3. The lowest BCUT2D eigenvalue weighted by Crippen LogP contribution is -2.16. The standard InChI is InChI=1S/C11H8F6O2/c1-6(5-18)19-9-3-7(10(12,13)14)2-8(4-9)11(15,16)17/h2-6H,1H3. The third-order valence-electron chi connectivity index (χ3n) is 2.07. The zero-order valence-corrected chi connectivity index (χ0v) is 9.47. The van der Waals surface area contributed by atoms with Crippen molar-refractivity contribution in [1.29, 1.82) is 0 Å². The number of carbonyl (C=O) groups excluding carboxylic acids is 1. The lowest BCUT2D eigenvalue weighted by molar-refractivity contribution is -0.143. The van der Waals surface area contributed by atoms with Gasteiger partial charge in [-0.25, -0.2) is 0 Å². The second-order valence-corrected chi connectivity index (χ2v) is 3.70. The first-order chi connectivity index (χ1) is 8.54. The maximum absolute atomic E-state index is 12.5. The van der Waals surface area contributed by atoms with Crippen molar-refractivity contribution < 1.29 is 35.9 Å². The molecule has 19 heavy (non-hydrogen) atoms. The second kappa shape index (κ2) is 5.10. The van der Waals surface area contributed by atoms with Gasteiger partial charge in [0.15, 0.2) is 12.4 Å². The van der Waals surface area contributed by atoms with Gasteiger partial charge < -0.3 is 4.74 Å². The van der Waals surface area contributed by atoms with Crippen molar-refractivity contribution in [2.24, 2.45) is 0 Å². The lowest BCUT2D eigenvalue weighted by Gasteiger charge is -2.15. The molecular formula is C11H8F6O2. The molecule has 0 aromatic heterocycles. The van der Waals surface area contributed by atoms with Crippen LogP contribution in [-0.4, -0.2) is 12.4 Å². The summed E-state index contributed by atoms with van der Waals surface area (Å²) in [7, 11) is 0. The summed E-state index contributed by atoms with van der Waals surface area (Å²) in [5, 5.41) is 0. The highest BCUT2D eigenvalue weighted by Crippen LogP contribution is 2.38. The topological polar surface area (TPSA) is 26.3 Å². The molecule has 0 aliphatic rings. The molecule has 1 rings (SSSR count). The van der Waals surface area contributed by atoms with E-state index in [1.807, 2.05) is 0 Å². The summed E-state index contributed by atoms with van der Waals surface area (Å²) in [6.07, 6.45) is -10.8. The number of aldehydes is 1. The highest BCUT2D eigenvalue weighted by atomic mass is 19.4. The molecular weight excluding hydrogens is 278 g/mol. The smallest absolute Gasteiger partial charge is 0.416 e. The molecule has 0 N–H and O–H groups in total. The summed E-state index contributed by atoms with van der Waals surface area (Å²) in [6, 6.07) is 0.808. The van der Waals surface area contributed by atoms with Crippen LogP contribution in [0, 0.1) is 0 Å². The Bertz CT molecular complexity index is 431. The minimum Gasteiger partial charge on any atom is -0.483 e. The molecule has 106 valence electrons. The fourth-order valence-electron chi connectivity index (χ4n) is 1.24. The van der Waals surface area contributed by atoms with E-state index in [-0.39, 0.29) is 12.4 Å². The first kappa shape index (κ1) is 15.3. The number of hydrogen-bond acceptors (Lipinski definition) is 2. The molecule has 1 unspecified atom stereocenters. The van der Waals surface area contributed by atoms with E-state index in [2.05, 4.69) is 4.74 Å². The van der Waals surface area contributed by atoms with Crippen LogP contribution in [0.25, 0.3) is 0 Å². The SMILES string of the molecule is CC(C=O)Oc1cc(C(F)(F)F)cc(C(F)(F)F)c1. The first-order valence-corrected chi connectivity index (χ1v) is 4.95. The van der Waals surface area contributed by atoms with E-state index >= 15 is 0 Å². The Kier molecular flexibility index (Phi) is 4.12. The van der Waals surface area contributed by atoms with Crippen molar-refractivity contribution in [3.63, 3.8) is 0 Å². The van der Waals surface area contributed by atoms with Crippen LogP contribution in [0.4, 0.5) is 26.3 Å². The number of carbonyl (C=O) groups is 1. The number of hydrogen-bond donors (Lipinski definition) is 0. The average molecular weight is 286 g/mol. The van der Waals surface area contributed by atoms with Gasteiger partial charge in [-0.3, -0.25) is 4.79 Å². The molecule has 1 atom stereocenters. The normalized spacial score (nSPS) is 14.1. The number of halogens is 6. The molecule has 0 saturated heterocycles. The van der Waals surface area contributed by atoms with Crippen molar-refractivity contribution in [2.45, 2.75) is 25.4 Å². The summed E-state index contributed by atoms with van der Waals surface area (Å²) in [5.41, 5.74) is -2.98. The van der Waals surface area contributed by atoms with E-state index in [1.165, 1.54) is 6.92 Å². The number of ether oxygens (including phenoxy) is 1. The summed E-state index contributed by atoms with van der Waals surface area (Å²) >= 11 is 0. The maximum atomic E-state index is 12.5. The van der Waals surface area contributed by atoms with E-state index in [4.69, 9.17) is 0 Å². The number of alkyl halides is 6. The third kappa shape index (κ3) is 4.15. The zero-order valence-electron chi connectivity index (χ0n) is 9.47. The molecule has 0 spiro atoms. The van der Waals surface area contributed by atoms with Crippen LogP contribution in [0.1, 0.15) is 18.1 Å². The molecule has 0 aliphatic carbocycles. The van der Waals surface area contributed by atoms with Crippen molar-refractivity contribution in [2.75, 3.05) is 0 Å². The highest BCUT2D eigenvalue weighted by molar-refractivity contribution is 5.56. The summed E-state index contributed by atoms with van der Waals surface area (Å²) in [6.45, 7) is 1.19. The molecule has 1 aromatic rings. The largest absolute Gasteiger partial charge is 0.483 e. The van der Waals surface area contributed by atoms with Gasteiger partial charge in [0.1, 0.15) is 5.75 Å². The predicted molar refractivity (Wildman–Crippen MR) is 52.6 cm³/mol. The fraction of sp³-hybridized carbons (Fsp3) is 0.364. The third-order valence-corrected chi connectivity index (χ3v) is 2.07. The van der Waals surface area contributed by atoms with Crippen LogP contribution >= 0.6 is 0 Å². The van der Waals surface area contributed by atoms with Crippen LogP contribution in [0.15, 0.2) is 18.2 Å². The second-order valence-electron chi connectivity index (χ2n) is 3.70. The van der Waals surface area contributed by atoms with Crippen LogP contribution in [0.3, 0.4) is 0 Å². The zero-order chi connectivity index (χ0) is 14.8. The van der Waals surface area contributed by atoms with Crippen LogP contribution in [0.2, 0.25) is 0 Å². The van der Waals surface area contributed by atoms with E-state index in [1.54, 1.807) is 0 Å². The number of benzene rings is 1. The Morgan fingerprint density at radius 2 is 1.42 bits per heavy atom. The molecule has 0 aliphatic heterocycles. The van der Waals surface area contributed by atoms with Crippen molar-refractivity contribution in [3.05, 3.63) is 29.3 Å². The van der Waals surface area contributed by atoms with E-state index in [0.717, 1.165) is 0 Å². The van der Waals surface area contributed by atoms with Gasteiger partial charge in [-0.15, -0.1) is 0 Å². The van der Waals surface area contributed by atoms with E-state index < -0.39 is 35.3 Å². The van der Waals surface area contributed by atoms with Gasteiger partial charge in [-0.2, -0.15) is 26.3 Å². The van der Waals surface area contributed by atoms with Gasteiger partial charge in [0, 0.05) is 0 Å². The van der Waals surface area contributed by atoms with Gasteiger partial charge in [-0.1, -0.05) is 0 Å². The summed E-state index contributed by atoms with van der Waals surface area (Å²) < 4.78 is 79.4. The maximum Gasteiger partial charge on any atom is 0.416 e. The van der Waals surface area contributed by atoms with Gasteiger partial charge in [0.2, 0.25) is 0 Å².